The molecule has 0 spiro atoms. The first-order chi connectivity index (χ1) is 7.38. The topological polar surface area (TPSA) is 78.5 Å². The number of amides is 4. The third-order valence-corrected chi connectivity index (χ3v) is 2.19. The molecule has 0 aromatic heterocycles. The first-order valence-corrected chi connectivity index (χ1v) is 4.90. The fourth-order valence-corrected chi connectivity index (χ4v) is 1.35. The van der Waals surface area contributed by atoms with E-state index in [1.165, 1.54) is 6.08 Å². The maximum atomic E-state index is 11.7. The summed E-state index contributed by atoms with van der Waals surface area (Å²) in [7, 11) is 0. The summed E-state index contributed by atoms with van der Waals surface area (Å²) in [5.41, 5.74) is -0.935. The lowest BCUT2D eigenvalue weighted by Crippen LogP contribution is -2.43. The number of nitrogens with zero attached hydrogens (tertiary/aromatic N) is 1. The molecule has 88 valence electrons. The Labute approximate surface area is 93.7 Å². The van der Waals surface area contributed by atoms with E-state index >= 15 is 0 Å². The van der Waals surface area contributed by atoms with Crippen LogP contribution in [0, 0.1) is 0 Å². The summed E-state index contributed by atoms with van der Waals surface area (Å²) in [4.78, 5) is 35.3. The van der Waals surface area contributed by atoms with E-state index in [0.29, 0.717) is 6.54 Å². The molecule has 0 aliphatic carbocycles. The lowest BCUT2D eigenvalue weighted by atomic mass is 10.1. The number of rotatable bonds is 4. The van der Waals surface area contributed by atoms with E-state index in [4.69, 9.17) is 0 Å². The molecule has 1 rings (SSSR count). The molecule has 0 bridgehead atoms. The van der Waals surface area contributed by atoms with Crippen molar-refractivity contribution >= 4 is 17.8 Å². The van der Waals surface area contributed by atoms with Crippen LogP contribution in [0.2, 0.25) is 0 Å². The van der Waals surface area contributed by atoms with Crippen LogP contribution in [-0.2, 0) is 9.59 Å². The Balaban J connectivity index is 2.61. The van der Waals surface area contributed by atoms with Gasteiger partial charge >= 0.3 is 6.03 Å². The Morgan fingerprint density at radius 2 is 2.19 bits per heavy atom. The zero-order valence-electron chi connectivity index (χ0n) is 9.37. The summed E-state index contributed by atoms with van der Waals surface area (Å²) in [6.45, 7) is 6.68. The summed E-state index contributed by atoms with van der Waals surface area (Å²) in [5, 5.41) is 4.99. The van der Waals surface area contributed by atoms with Crippen molar-refractivity contribution in [2.75, 3.05) is 13.1 Å². The highest BCUT2D eigenvalue weighted by Crippen LogP contribution is 2.15. The van der Waals surface area contributed by atoms with Crippen LogP contribution in [0.25, 0.3) is 0 Å². The number of carbonyl (C=O) groups excluding carboxylic acids is 3. The number of nitrogens with one attached hydrogen (secondary N) is 2. The molecule has 0 aromatic carbocycles. The van der Waals surface area contributed by atoms with Crippen LogP contribution >= 0.6 is 0 Å². The first kappa shape index (κ1) is 12.2. The summed E-state index contributed by atoms with van der Waals surface area (Å²) >= 11 is 0. The van der Waals surface area contributed by atoms with Crippen molar-refractivity contribution < 1.29 is 14.4 Å². The first-order valence-electron chi connectivity index (χ1n) is 4.90. The molecule has 1 saturated heterocycles. The molecular formula is C10H15N3O3. The fourth-order valence-electron chi connectivity index (χ4n) is 1.35. The van der Waals surface area contributed by atoms with Crippen LogP contribution < -0.4 is 10.6 Å². The van der Waals surface area contributed by atoms with Crippen molar-refractivity contribution in [2.45, 2.75) is 19.4 Å². The third kappa shape index (κ3) is 2.39. The van der Waals surface area contributed by atoms with Crippen molar-refractivity contribution in [1.29, 1.82) is 0 Å². The van der Waals surface area contributed by atoms with E-state index < -0.39 is 17.5 Å². The smallest absolute Gasteiger partial charge is 0.325 e. The number of hydrogen-bond donors (Lipinski definition) is 2. The number of carbonyl (C=O) groups is 3. The van der Waals surface area contributed by atoms with E-state index in [0.717, 1.165) is 4.90 Å². The summed E-state index contributed by atoms with van der Waals surface area (Å²) in [6, 6.07) is -0.538. The van der Waals surface area contributed by atoms with Crippen LogP contribution in [0.4, 0.5) is 4.79 Å². The Morgan fingerprint density at radius 1 is 1.56 bits per heavy atom. The lowest BCUT2D eigenvalue weighted by Gasteiger charge is -2.15. The number of hydrogen-bond acceptors (Lipinski definition) is 3. The minimum atomic E-state index is -0.935. The van der Waals surface area contributed by atoms with Crippen molar-refractivity contribution in [3.05, 3.63) is 12.7 Å². The monoisotopic (exact) mass is 225 g/mol. The highest BCUT2D eigenvalue weighted by Gasteiger charge is 2.44. The van der Waals surface area contributed by atoms with Gasteiger partial charge in [0.15, 0.2) is 0 Å². The highest BCUT2D eigenvalue weighted by molar-refractivity contribution is 6.08. The second kappa shape index (κ2) is 4.34. The molecule has 4 amide bonds. The minimum absolute atomic E-state index is 0.262. The van der Waals surface area contributed by atoms with Gasteiger partial charge in [-0.2, -0.15) is 0 Å². The maximum Gasteiger partial charge on any atom is 0.325 e. The molecule has 1 fully saturated rings. The van der Waals surface area contributed by atoms with Gasteiger partial charge in [0.2, 0.25) is 5.91 Å². The second-order valence-corrected chi connectivity index (χ2v) is 4.04. The molecule has 0 saturated carbocycles. The van der Waals surface area contributed by atoms with Gasteiger partial charge < -0.3 is 10.6 Å². The molecule has 16 heavy (non-hydrogen) atoms. The Bertz CT molecular complexity index is 349. The average Bonchev–Trinajstić information content (AvgIpc) is 2.38. The van der Waals surface area contributed by atoms with E-state index in [2.05, 4.69) is 17.2 Å². The van der Waals surface area contributed by atoms with Crippen molar-refractivity contribution in [3.8, 4) is 0 Å². The fraction of sp³-hybridized carbons (Fsp3) is 0.500. The van der Waals surface area contributed by atoms with Crippen LogP contribution in [0.15, 0.2) is 12.7 Å². The third-order valence-electron chi connectivity index (χ3n) is 2.19. The highest BCUT2D eigenvalue weighted by atomic mass is 16.2. The van der Waals surface area contributed by atoms with Crippen LogP contribution in [0.3, 0.4) is 0 Å². The maximum absolute atomic E-state index is 11.7. The summed E-state index contributed by atoms with van der Waals surface area (Å²) < 4.78 is 0. The zero-order chi connectivity index (χ0) is 12.3. The van der Waals surface area contributed by atoms with Gasteiger partial charge in [0.05, 0.1) is 0 Å². The van der Waals surface area contributed by atoms with Crippen molar-refractivity contribution in [3.63, 3.8) is 0 Å². The summed E-state index contributed by atoms with van der Waals surface area (Å²) in [6.07, 6.45) is 1.52. The van der Waals surface area contributed by atoms with Gasteiger partial charge in [-0.15, -0.1) is 6.58 Å². The van der Waals surface area contributed by atoms with E-state index in [1.54, 1.807) is 13.8 Å². The normalized spacial score (nSPS) is 18.2. The van der Waals surface area contributed by atoms with Gasteiger partial charge in [0.25, 0.3) is 5.91 Å². The van der Waals surface area contributed by atoms with Crippen molar-refractivity contribution in [2.24, 2.45) is 0 Å². The van der Waals surface area contributed by atoms with Crippen molar-refractivity contribution in [1.82, 2.24) is 15.5 Å². The molecule has 0 aromatic rings. The van der Waals surface area contributed by atoms with Crippen LogP contribution in [0.5, 0.6) is 0 Å². The average molecular weight is 225 g/mol. The number of urea groups is 1. The number of imide groups is 1. The van der Waals surface area contributed by atoms with Gasteiger partial charge in [-0.3, -0.25) is 14.5 Å². The van der Waals surface area contributed by atoms with E-state index in [9.17, 15) is 14.4 Å². The van der Waals surface area contributed by atoms with Gasteiger partial charge in [0, 0.05) is 6.54 Å². The molecule has 6 heteroatoms. The van der Waals surface area contributed by atoms with Gasteiger partial charge in [-0.25, -0.2) is 4.79 Å². The van der Waals surface area contributed by atoms with Gasteiger partial charge in [0.1, 0.15) is 12.1 Å². The standard InChI is InChI=1S/C10H15N3O3/c1-4-5-11-7(14)6-13-8(15)10(2,3)12-9(13)16/h4H,1,5-6H2,2-3H3,(H,11,14)(H,12,16). The van der Waals surface area contributed by atoms with Crippen LogP contribution in [-0.4, -0.2) is 41.4 Å². The quantitative estimate of drug-likeness (QED) is 0.505. The summed E-state index contributed by atoms with van der Waals surface area (Å²) in [5.74, 6) is -0.785. The molecule has 0 radical (unpaired) electrons. The predicted molar refractivity (Wildman–Crippen MR) is 57.5 cm³/mol. The molecule has 0 atom stereocenters. The molecule has 6 nitrogen and oxygen atoms in total. The van der Waals surface area contributed by atoms with Gasteiger partial charge in [-0.05, 0) is 13.8 Å². The molecule has 1 heterocycles. The SMILES string of the molecule is C=CCNC(=O)CN1C(=O)NC(C)(C)C1=O. The van der Waals surface area contributed by atoms with E-state index in [-0.39, 0.29) is 12.5 Å². The molecular weight excluding hydrogens is 210 g/mol. The largest absolute Gasteiger partial charge is 0.351 e. The Hall–Kier alpha value is -1.85. The Morgan fingerprint density at radius 3 is 2.62 bits per heavy atom. The molecule has 2 N–H and O–H groups in total. The van der Waals surface area contributed by atoms with Crippen LogP contribution in [0.1, 0.15) is 13.8 Å². The Kier molecular flexibility index (Phi) is 3.31. The molecule has 1 aliphatic heterocycles. The van der Waals surface area contributed by atoms with E-state index in [1.807, 2.05) is 0 Å². The zero-order valence-corrected chi connectivity index (χ0v) is 9.37. The minimum Gasteiger partial charge on any atom is -0.351 e. The molecule has 0 unspecified atom stereocenters. The predicted octanol–water partition coefficient (Wildman–Crippen LogP) is -0.381. The van der Waals surface area contributed by atoms with Gasteiger partial charge in [-0.1, -0.05) is 6.08 Å². The second-order valence-electron chi connectivity index (χ2n) is 4.04. The lowest BCUT2D eigenvalue weighted by molar-refractivity contribution is -0.134. The molecule has 1 aliphatic rings.